The molecule has 0 saturated heterocycles. The standard InChI is InChI=1S/C21H23FN4O3/c1-21(2,11-18(23)27)13-24-19(28)26-17-10-6-5-9-16(17)25(20(26)29)12-14-7-3-4-8-15(14)22/h3-10H,11-13H2,1-2H3,(H2,23,27)(H,24,28). The molecule has 0 aliphatic carbocycles. The maximum Gasteiger partial charge on any atom is 0.337 e. The van der Waals surface area contributed by atoms with Gasteiger partial charge in [0.2, 0.25) is 5.91 Å². The number of imidazole rings is 1. The van der Waals surface area contributed by atoms with Crippen molar-refractivity contribution in [2.24, 2.45) is 11.1 Å². The Balaban J connectivity index is 1.96. The molecule has 2 amide bonds. The van der Waals surface area contributed by atoms with Crippen LogP contribution < -0.4 is 16.7 Å². The van der Waals surface area contributed by atoms with Gasteiger partial charge in [-0.05, 0) is 23.6 Å². The Morgan fingerprint density at radius 2 is 1.69 bits per heavy atom. The van der Waals surface area contributed by atoms with Crippen LogP contribution in [0.1, 0.15) is 25.8 Å². The van der Waals surface area contributed by atoms with Crippen molar-refractivity contribution in [3.63, 3.8) is 0 Å². The monoisotopic (exact) mass is 398 g/mol. The molecule has 152 valence electrons. The third-order valence-corrected chi connectivity index (χ3v) is 4.70. The zero-order valence-electron chi connectivity index (χ0n) is 16.3. The molecule has 3 aromatic rings. The van der Waals surface area contributed by atoms with Gasteiger partial charge in [0, 0.05) is 18.5 Å². The van der Waals surface area contributed by atoms with Crippen molar-refractivity contribution in [2.45, 2.75) is 26.8 Å². The van der Waals surface area contributed by atoms with Crippen LogP contribution in [0.15, 0.2) is 53.3 Å². The van der Waals surface area contributed by atoms with Crippen LogP contribution in [0.25, 0.3) is 11.0 Å². The Kier molecular flexibility index (Phi) is 5.54. The molecule has 0 atom stereocenters. The number of nitrogens with two attached hydrogens (primary N) is 1. The lowest BCUT2D eigenvalue weighted by molar-refractivity contribution is -0.119. The Bertz CT molecular complexity index is 1130. The summed E-state index contributed by atoms with van der Waals surface area (Å²) in [6.07, 6.45) is 0.0945. The van der Waals surface area contributed by atoms with Gasteiger partial charge in [0.1, 0.15) is 5.82 Å². The van der Waals surface area contributed by atoms with Crippen LogP contribution in [0.2, 0.25) is 0 Å². The largest absolute Gasteiger partial charge is 0.370 e. The van der Waals surface area contributed by atoms with E-state index in [-0.39, 0.29) is 19.5 Å². The lowest BCUT2D eigenvalue weighted by atomic mass is 9.89. The molecule has 7 nitrogen and oxygen atoms in total. The summed E-state index contributed by atoms with van der Waals surface area (Å²) in [7, 11) is 0. The second-order valence-electron chi connectivity index (χ2n) is 7.75. The number of nitrogens with zero attached hydrogens (tertiary/aromatic N) is 2. The van der Waals surface area contributed by atoms with Crippen LogP contribution in [0.5, 0.6) is 0 Å². The third kappa shape index (κ3) is 4.37. The van der Waals surface area contributed by atoms with E-state index in [0.717, 1.165) is 4.57 Å². The lowest BCUT2D eigenvalue weighted by Gasteiger charge is -2.23. The van der Waals surface area contributed by atoms with Crippen molar-refractivity contribution < 1.29 is 14.0 Å². The van der Waals surface area contributed by atoms with E-state index in [0.29, 0.717) is 16.6 Å². The van der Waals surface area contributed by atoms with E-state index >= 15 is 0 Å². The molecule has 0 spiro atoms. The first-order chi connectivity index (χ1) is 13.7. The summed E-state index contributed by atoms with van der Waals surface area (Å²) in [6.45, 7) is 3.75. The predicted octanol–water partition coefficient (Wildman–Crippen LogP) is 2.45. The minimum atomic E-state index is -0.615. The summed E-state index contributed by atoms with van der Waals surface area (Å²) in [5, 5.41) is 2.69. The molecule has 8 heteroatoms. The Labute approximate surface area is 166 Å². The molecular weight excluding hydrogens is 375 g/mol. The number of fused-ring (bicyclic) bond motifs is 1. The second kappa shape index (κ2) is 7.90. The molecule has 3 rings (SSSR count). The van der Waals surface area contributed by atoms with Crippen LogP contribution >= 0.6 is 0 Å². The number of benzene rings is 2. The van der Waals surface area contributed by atoms with Crippen LogP contribution in [-0.4, -0.2) is 27.6 Å². The summed E-state index contributed by atoms with van der Waals surface area (Å²) in [6, 6.07) is 12.4. The fourth-order valence-corrected chi connectivity index (χ4v) is 3.28. The van der Waals surface area contributed by atoms with Crippen molar-refractivity contribution in [2.75, 3.05) is 6.54 Å². The molecule has 1 aromatic heterocycles. The predicted molar refractivity (Wildman–Crippen MR) is 108 cm³/mol. The summed E-state index contributed by atoms with van der Waals surface area (Å²) in [5.74, 6) is -0.892. The fourth-order valence-electron chi connectivity index (χ4n) is 3.28. The number of nitrogens with one attached hydrogen (secondary N) is 1. The van der Waals surface area contributed by atoms with E-state index in [2.05, 4.69) is 5.32 Å². The molecule has 0 aliphatic rings. The van der Waals surface area contributed by atoms with Gasteiger partial charge >= 0.3 is 11.7 Å². The Morgan fingerprint density at radius 1 is 1.07 bits per heavy atom. The molecule has 0 saturated carbocycles. The molecule has 0 radical (unpaired) electrons. The maximum absolute atomic E-state index is 14.1. The van der Waals surface area contributed by atoms with Gasteiger partial charge in [-0.15, -0.1) is 0 Å². The van der Waals surface area contributed by atoms with Gasteiger partial charge in [-0.3, -0.25) is 9.36 Å². The third-order valence-electron chi connectivity index (χ3n) is 4.70. The minimum Gasteiger partial charge on any atom is -0.370 e. The van der Waals surface area contributed by atoms with Gasteiger partial charge in [-0.1, -0.05) is 44.2 Å². The summed E-state index contributed by atoms with van der Waals surface area (Å²) >= 11 is 0. The van der Waals surface area contributed by atoms with Crippen molar-refractivity contribution in [1.82, 2.24) is 14.5 Å². The summed E-state index contributed by atoms with van der Waals surface area (Å²) in [5.41, 5.74) is 5.40. The highest BCUT2D eigenvalue weighted by atomic mass is 19.1. The second-order valence-corrected chi connectivity index (χ2v) is 7.75. The highest BCUT2D eigenvalue weighted by Gasteiger charge is 2.24. The maximum atomic E-state index is 14.1. The number of carbonyl (C=O) groups excluding carboxylic acids is 2. The molecule has 1 heterocycles. The first kappa shape index (κ1) is 20.3. The quantitative estimate of drug-likeness (QED) is 0.667. The van der Waals surface area contributed by atoms with Gasteiger partial charge in [-0.25, -0.2) is 18.5 Å². The first-order valence-corrected chi connectivity index (χ1v) is 9.20. The lowest BCUT2D eigenvalue weighted by Crippen LogP contribution is -2.42. The average molecular weight is 398 g/mol. The molecule has 29 heavy (non-hydrogen) atoms. The molecule has 0 bridgehead atoms. The number of halogens is 1. The van der Waals surface area contributed by atoms with Crippen molar-refractivity contribution in [3.8, 4) is 0 Å². The number of hydrogen-bond acceptors (Lipinski definition) is 3. The zero-order valence-corrected chi connectivity index (χ0v) is 16.3. The van der Waals surface area contributed by atoms with E-state index in [1.807, 2.05) is 0 Å². The van der Waals surface area contributed by atoms with Gasteiger partial charge < -0.3 is 11.1 Å². The number of rotatable bonds is 6. The normalized spacial score (nSPS) is 11.6. The van der Waals surface area contributed by atoms with E-state index in [9.17, 15) is 18.8 Å². The van der Waals surface area contributed by atoms with Crippen LogP contribution in [0, 0.1) is 11.2 Å². The zero-order chi connectivity index (χ0) is 21.2. The van der Waals surface area contributed by atoms with Gasteiger partial charge in [-0.2, -0.15) is 0 Å². The molecule has 0 unspecified atom stereocenters. The average Bonchev–Trinajstić information content (AvgIpc) is 2.93. The Hall–Kier alpha value is -3.42. The number of amides is 2. The highest BCUT2D eigenvalue weighted by Crippen LogP contribution is 2.19. The number of hydrogen-bond donors (Lipinski definition) is 2. The van der Waals surface area contributed by atoms with E-state index < -0.39 is 28.9 Å². The van der Waals surface area contributed by atoms with Crippen molar-refractivity contribution in [3.05, 3.63) is 70.4 Å². The SMILES string of the molecule is CC(C)(CNC(=O)n1c(=O)n(Cc2ccccc2F)c2ccccc21)CC(N)=O. The fraction of sp³-hybridized carbons (Fsp3) is 0.286. The summed E-state index contributed by atoms with van der Waals surface area (Å²) < 4.78 is 16.5. The smallest absolute Gasteiger partial charge is 0.337 e. The van der Waals surface area contributed by atoms with Gasteiger partial charge in [0.05, 0.1) is 17.6 Å². The van der Waals surface area contributed by atoms with Crippen LogP contribution in [0.3, 0.4) is 0 Å². The van der Waals surface area contributed by atoms with Crippen LogP contribution in [0.4, 0.5) is 9.18 Å². The minimum absolute atomic E-state index is 0.000527. The molecule has 2 aromatic carbocycles. The number of aromatic nitrogens is 2. The molecule has 0 fully saturated rings. The number of para-hydroxylation sites is 2. The van der Waals surface area contributed by atoms with E-state index in [1.165, 1.54) is 10.6 Å². The van der Waals surface area contributed by atoms with E-state index in [1.54, 1.807) is 56.3 Å². The molecule has 0 aliphatic heterocycles. The number of primary amides is 1. The first-order valence-electron chi connectivity index (χ1n) is 9.20. The number of carbonyl (C=O) groups is 2. The topological polar surface area (TPSA) is 99.1 Å². The highest BCUT2D eigenvalue weighted by molar-refractivity contribution is 5.89. The van der Waals surface area contributed by atoms with Gasteiger partial charge in [0.15, 0.2) is 0 Å². The molecule has 3 N–H and O–H groups in total. The van der Waals surface area contributed by atoms with E-state index in [4.69, 9.17) is 5.73 Å². The summed E-state index contributed by atoms with van der Waals surface area (Å²) in [4.78, 5) is 37.0. The van der Waals surface area contributed by atoms with Crippen LogP contribution in [-0.2, 0) is 11.3 Å². The Morgan fingerprint density at radius 3 is 2.34 bits per heavy atom. The van der Waals surface area contributed by atoms with Gasteiger partial charge in [0.25, 0.3) is 0 Å². The molecular formula is C21H23FN4O3. The van der Waals surface area contributed by atoms with Crippen molar-refractivity contribution >= 4 is 23.0 Å². The van der Waals surface area contributed by atoms with Crippen molar-refractivity contribution in [1.29, 1.82) is 0 Å².